The third kappa shape index (κ3) is 7.40. The molecule has 44 heavy (non-hydrogen) atoms. The number of ether oxygens (including phenoxy) is 2. The van der Waals surface area contributed by atoms with Crippen molar-refractivity contribution in [1.82, 2.24) is 14.8 Å². The van der Waals surface area contributed by atoms with Crippen LogP contribution >= 0.6 is 23.4 Å². The zero-order valence-corrected chi connectivity index (χ0v) is 24.9. The van der Waals surface area contributed by atoms with Crippen molar-refractivity contribution in [3.63, 3.8) is 0 Å². The fourth-order valence-electron chi connectivity index (χ4n) is 4.37. The first kappa shape index (κ1) is 31.1. The predicted molar refractivity (Wildman–Crippen MR) is 161 cm³/mol. The minimum absolute atomic E-state index is 0.154. The monoisotopic (exact) mass is 643 g/mol. The predicted octanol–water partition coefficient (Wildman–Crippen LogP) is 7.51. The number of amides is 2. The third-order valence-corrected chi connectivity index (χ3v) is 7.76. The maximum absolute atomic E-state index is 12.7. The minimum atomic E-state index is -4.77. The van der Waals surface area contributed by atoms with Crippen LogP contribution in [0.4, 0.5) is 23.7 Å². The van der Waals surface area contributed by atoms with Crippen LogP contribution in [-0.4, -0.2) is 50.7 Å². The average Bonchev–Trinajstić information content (AvgIpc) is 3.62. The van der Waals surface area contributed by atoms with Gasteiger partial charge in [0.15, 0.2) is 11.0 Å². The summed E-state index contributed by atoms with van der Waals surface area (Å²) in [5.41, 5.74) is 3.49. The summed E-state index contributed by atoms with van der Waals surface area (Å²) in [7, 11) is 0. The fourth-order valence-corrected chi connectivity index (χ4v) is 5.43. The first-order valence-corrected chi connectivity index (χ1v) is 14.7. The van der Waals surface area contributed by atoms with E-state index in [1.54, 1.807) is 24.3 Å². The molecule has 228 valence electrons. The van der Waals surface area contributed by atoms with Crippen molar-refractivity contribution < 1.29 is 32.2 Å². The Morgan fingerprint density at radius 3 is 2.45 bits per heavy atom. The molecule has 4 aromatic rings. The van der Waals surface area contributed by atoms with E-state index in [1.165, 1.54) is 51.9 Å². The molecule has 1 fully saturated rings. The fraction of sp³-hybridized carbons (Fsp3) is 0.233. The summed E-state index contributed by atoms with van der Waals surface area (Å²) in [5.74, 6) is 0.202. The number of alkyl halides is 4. The molecule has 0 aliphatic carbocycles. The van der Waals surface area contributed by atoms with E-state index < -0.39 is 17.8 Å². The number of carbonyl (C=O) groups excluding carboxylic acids is 2. The molecule has 1 aliphatic heterocycles. The van der Waals surface area contributed by atoms with Crippen molar-refractivity contribution >= 4 is 46.2 Å². The SMILES string of the molecule is CC(C)c1ccccc1N1C(=O)CSC1=NC(=O)OCC(Cl)c1ccc(-c2ncn(-c3ccc(OC(F)(F)F)cc3)n2)cc1. The number of hydrogen-bond donors (Lipinski definition) is 0. The van der Waals surface area contributed by atoms with E-state index in [4.69, 9.17) is 16.3 Å². The Kier molecular flexibility index (Phi) is 9.25. The van der Waals surface area contributed by atoms with E-state index in [9.17, 15) is 22.8 Å². The van der Waals surface area contributed by atoms with Gasteiger partial charge >= 0.3 is 12.5 Å². The lowest BCUT2D eigenvalue weighted by Gasteiger charge is -2.21. The number of halogens is 4. The van der Waals surface area contributed by atoms with Gasteiger partial charge in [0.1, 0.15) is 18.7 Å². The number of aromatic nitrogens is 3. The Morgan fingerprint density at radius 1 is 1.07 bits per heavy atom. The molecule has 9 nitrogen and oxygen atoms in total. The third-order valence-electron chi connectivity index (χ3n) is 6.46. The molecule has 2 heterocycles. The molecular weight excluding hydrogens is 619 g/mol. The molecule has 1 aliphatic rings. The highest BCUT2D eigenvalue weighted by Gasteiger charge is 2.33. The van der Waals surface area contributed by atoms with Gasteiger partial charge in [-0.15, -0.1) is 29.9 Å². The molecule has 0 spiro atoms. The molecule has 1 saturated heterocycles. The van der Waals surface area contributed by atoms with E-state index in [1.807, 2.05) is 38.1 Å². The number of carbonyl (C=O) groups is 2. The van der Waals surface area contributed by atoms with Crippen LogP contribution in [0, 0.1) is 0 Å². The van der Waals surface area contributed by atoms with Crippen molar-refractivity contribution in [3.05, 3.63) is 90.3 Å². The lowest BCUT2D eigenvalue weighted by molar-refractivity contribution is -0.274. The number of amidine groups is 1. The summed E-state index contributed by atoms with van der Waals surface area (Å²) in [6.07, 6.45) is -4.19. The van der Waals surface area contributed by atoms with E-state index in [0.717, 1.165) is 5.56 Å². The quantitative estimate of drug-likeness (QED) is 0.183. The second-order valence-corrected chi connectivity index (χ2v) is 11.3. The van der Waals surface area contributed by atoms with Gasteiger partial charge in [-0.1, -0.05) is 68.1 Å². The smallest absolute Gasteiger partial charge is 0.446 e. The summed E-state index contributed by atoms with van der Waals surface area (Å²) in [5, 5.41) is 3.96. The maximum atomic E-state index is 12.7. The number of para-hydroxylation sites is 1. The molecule has 5 rings (SSSR count). The van der Waals surface area contributed by atoms with Gasteiger partial charge in [-0.25, -0.2) is 14.5 Å². The van der Waals surface area contributed by atoms with Crippen molar-refractivity contribution in [2.45, 2.75) is 31.5 Å². The van der Waals surface area contributed by atoms with Crippen LogP contribution in [0.5, 0.6) is 5.75 Å². The molecule has 1 atom stereocenters. The lowest BCUT2D eigenvalue weighted by atomic mass is 10.0. The van der Waals surface area contributed by atoms with Gasteiger partial charge in [0.05, 0.1) is 22.5 Å². The Labute approximate surface area is 259 Å². The maximum Gasteiger partial charge on any atom is 0.573 e. The highest BCUT2D eigenvalue weighted by Crippen LogP contribution is 2.33. The van der Waals surface area contributed by atoms with Crippen molar-refractivity contribution in [2.24, 2.45) is 4.99 Å². The first-order valence-electron chi connectivity index (χ1n) is 13.3. The second kappa shape index (κ2) is 13.1. The average molecular weight is 644 g/mol. The number of rotatable bonds is 8. The van der Waals surface area contributed by atoms with Gasteiger partial charge in [0.2, 0.25) is 5.91 Å². The molecule has 2 amide bonds. The first-order chi connectivity index (χ1) is 21.0. The summed E-state index contributed by atoms with van der Waals surface area (Å²) in [6.45, 7) is 3.89. The van der Waals surface area contributed by atoms with Crippen LogP contribution in [0.25, 0.3) is 17.1 Å². The summed E-state index contributed by atoms with van der Waals surface area (Å²) in [4.78, 5) is 35.0. The van der Waals surface area contributed by atoms with Crippen LogP contribution in [0.3, 0.4) is 0 Å². The molecule has 3 aromatic carbocycles. The topological polar surface area (TPSA) is 98.9 Å². The number of nitrogens with zero attached hydrogens (tertiary/aromatic N) is 5. The Morgan fingerprint density at radius 2 is 1.77 bits per heavy atom. The van der Waals surface area contributed by atoms with E-state index in [0.29, 0.717) is 28.3 Å². The van der Waals surface area contributed by atoms with Crippen molar-refractivity contribution in [3.8, 4) is 22.8 Å². The number of benzene rings is 3. The summed E-state index contributed by atoms with van der Waals surface area (Å²) < 4.78 is 47.8. The van der Waals surface area contributed by atoms with Crippen LogP contribution in [0.1, 0.15) is 36.3 Å². The summed E-state index contributed by atoms with van der Waals surface area (Å²) in [6, 6.07) is 19.7. The van der Waals surface area contributed by atoms with Gasteiger partial charge < -0.3 is 9.47 Å². The molecular formula is C30H25ClF3N5O4S. The van der Waals surface area contributed by atoms with Crippen molar-refractivity contribution in [2.75, 3.05) is 17.3 Å². The Bertz CT molecular complexity index is 1680. The van der Waals surface area contributed by atoms with Gasteiger partial charge in [-0.3, -0.25) is 9.69 Å². The lowest BCUT2D eigenvalue weighted by Crippen LogP contribution is -2.31. The number of thioether (sulfide) groups is 1. The van der Waals surface area contributed by atoms with Crippen LogP contribution in [-0.2, 0) is 9.53 Å². The number of anilines is 1. The van der Waals surface area contributed by atoms with E-state index in [2.05, 4.69) is 19.8 Å². The number of hydrogen-bond acceptors (Lipinski definition) is 7. The Balaban J connectivity index is 1.20. The molecule has 1 unspecified atom stereocenters. The van der Waals surface area contributed by atoms with E-state index in [-0.39, 0.29) is 35.1 Å². The number of aliphatic imine (C=N–C) groups is 1. The highest BCUT2D eigenvalue weighted by molar-refractivity contribution is 8.15. The zero-order valence-electron chi connectivity index (χ0n) is 23.4. The van der Waals surface area contributed by atoms with Crippen LogP contribution in [0.2, 0.25) is 0 Å². The largest absolute Gasteiger partial charge is 0.573 e. The zero-order chi connectivity index (χ0) is 31.4. The molecule has 14 heteroatoms. The minimum Gasteiger partial charge on any atom is -0.446 e. The summed E-state index contributed by atoms with van der Waals surface area (Å²) >= 11 is 7.66. The highest BCUT2D eigenvalue weighted by atomic mass is 35.5. The van der Waals surface area contributed by atoms with Gasteiger partial charge in [0, 0.05) is 5.56 Å². The molecule has 0 N–H and O–H groups in total. The normalized spacial score (nSPS) is 15.2. The van der Waals surface area contributed by atoms with Gasteiger partial charge in [-0.05, 0) is 47.4 Å². The second-order valence-electron chi connectivity index (χ2n) is 9.85. The van der Waals surface area contributed by atoms with Crippen LogP contribution in [0.15, 0.2) is 84.1 Å². The van der Waals surface area contributed by atoms with Crippen molar-refractivity contribution in [1.29, 1.82) is 0 Å². The molecule has 0 radical (unpaired) electrons. The molecule has 0 saturated carbocycles. The molecule has 1 aromatic heterocycles. The Hall–Kier alpha value is -4.36. The standard InChI is InChI=1S/C30H25ClF3N5O4S/c1-18(2)23-5-3-4-6-25(23)39-26(40)16-44-28(39)36-29(41)42-15-24(31)19-7-9-20(10-8-19)27-35-17-38(37-27)21-11-13-22(14-12-21)43-30(32,33)34/h3-14,17-18,24H,15-16H2,1-2H3. The van der Waals surface area contributed by atoms with Gasteiger partial charge in [-0.2, -0.15) is 4.99 Å². The molecule has 0 bridgehead atoms. The van der Waals surface area contributed by atoms with Crippen LogP contribution < -0.4 is 9.64 Å². The van der Waals surface area contributed by atoms with E-state index >= 15 is 0 Å². The van der Waals surface area contributed by atoms with Gasteiger partial charge in [0.25, 0.3) is 0 Å².